The Balaban J connectivity index is 2.93. The molecule has 0 fully saturated rings. The first-order valence-electron chi connectivity index (χ1n) is 3.92. The minimum Gasteiger partial charge on any atom is -0.0843 e. The lowest BCUT2D eigenvalue weighted by Crippen LogP contribution is -2.17. The van der Waals surface area contributed by atoms with Gasteiger partial charge in [-0.1, -0.05) is 51.2 Å². The monoisotopic (exact) mass is 166 g/mol. The van der Waals surface area contributed by atoms with Gasteiger partial charge in [-0.2, -0.15) is 0 Å². The zero-order chi connectivity index (χ0) is 8.48. The van der Waals surface area contributed by atoms with E-state index in [0.717, 1.165) is 11.3 Å². The van der Waals surface area contributed by atoms with Crippen LogP contribution in [0.3, 0.4) is 0 Å². The standard InChI is InChI=1S/C10H14S/c1-10(2,3)8-6-4-5-7-9(8)11/h4-6H,7H2,1-3H3. The van der Waals surface area contributed by atoms with Crippen LogP contribution in [0, 0.1) is 5.41 Å². The fraction of sp³-hybridized carbons (Fsp3) is 0.500. The van der Waals surface area contributed by atoms with Crippen molar-refractivity contribution in [2.75, 3.05) is 0 Å². The highest BCUT2D eigenvalue weighted by molar-refractivity contribution is 7.80. The third-order valence-electron chi connectivity index (χ3n) is 1.81. The van der Waals surface area contributed by atoms with E-state index in [4.69, 9.17) is 12.2 Å². The van der Waals surface area contributed by atoms with E-state index >= 15 is 0 Å². The summed E-state index contributed by atoms with van der Waals surface area (Å²) in [6, 6.07) is 0. The first kappa shape index (κ1) is 8.66. The average Bonchev–Trinajstić information content (AvgIpc) is 1.86. The Bertz CT molecular complexity index is 226. The second-order valence-corrected chi connectivity index (χ2v) is 4.38. The van der Waals surface area contributed by atoms with Gasteiger partial charge in [-0.3, -0.25) is 0 Å². The molecule has 0 aromatic carbocycles. The summed E-state index contributed by atoms with van der Waals surface area (Å²) >= 11 is 5.26. The fourth-order valence-electron chi connectivity index (χ4n) is 1.21. The van der Waals surface area contributed by atoms with Crippen LogP contribution in [-0.2, 0) is 0 Å². The Morgan fingerprint density at radius 3 is 2.36 bits per heavy atom. The zero-order valence-corrected chi connectivity index (χ0v) is 8.16. The van der Waals surface area contributed by atoms with Gasteiger partial charge in [-0.05, 0) is 11.0 Å². The van der Waals surface area contributed by atoms with E-state index in [0.29, 0.717) is 0 Å². The predicted molar refractivity (Wildman–Crippen MR) is 53.9 cm³/mol. The maximum atomic E-state index is 5.26. The van der Waals surface area contributed by atoms with Crippen molar-refractivity contribution in [3.05, 3.63) is 23.8 Å². The van der Waals surface area contributed by atoms with Crippen LogP contribution in [0.2, 0.25) is 0 Å². The summed E-state index contributed by atoms with van der Waals surface area (Å²) in [5.41, 5.74) is 1.52. The van der Waals surface area contributed by atoms with Crippen LogP contribution in [0.4, 0.5) is 0 Å². The number of rotatable bonds is 0. The molecule has 11 heavy (non-hydrogen) atoms. The summed E-state index contributed by atoms with van der Waals surface area (Å²) in [6.07, 6.45) is 7.28. The van der Waals surface area contributed by atoms with Crippen LogP contribution < -0.4 is 0 Å². The molecule has 0 aromatic rings. The number of allylic oxidation sites excluding steroid dienone is 4. The molecule has 1 rings (SSSR count). The summed E-state index contributed by atoms with van der Waals surface area (Å²) in [5.74, 6) is 0. The van der Waals surface area contributed by atoms with Gasteiger partial charge in [-0.15, -0.1) is 0 Å². The molecule has 60 valence electrons. The molecule has 1 heteroatoms. The second-order valence-electron chi connectivity index (χ2n) is 3.89. The Morgan fingerprint density at radius 1 is 1.36 bits per heavy atom. The van der Waals surface area contributed by atoms with Crippen molar-refractivity contribution in [1.29, 1.82) is 0 Å². The van der Waals surface area contributed by atoms with Gasteiger partial charge in [-0.25, -0.2) is 0 Å². The van der Waals surface area contributed by atoms with E-state index in [2.05, 4.69) is 39.0 Å². The molecule has 0 bridgehead atoms. The van der Waals surface area contributed by atoms with Crippen LogP contribution in [0.5, 0.6) is 0 Å². The molecule has 1 aliphatic rings. The molecule has 0 aromatic heterocycles. The highest BCUT2D eigenvalue weighted by Crippen LogP contribution is 2.29. The molecular formula is C10H14S. The number of hydrogen-bond donors (Lipinski definition) is 0. The molecule has 0 saturated carbocycles. The van der Waals surface area contributed by atoms with Crippen LogP contribution in [-0.4, -0.2) is 4.86 Å². The first-order chi connectivity index (χ1) is 5.02. The molecule has 0 radical (unpaired) electrons. The number of hydrogen-bond acceptors (Lipinski definition) is 1. The van der Waals surface area contributed by atoms with Crippen molar-refractivity contribution < 1.29 is 0 Å². The molecule has 0 aliphatic heterocycles. The first-order valence-corrected chi connectivity index (χ1v) is 4.33. The summed E-state index contributed by atoms with van der Waals surface area (Å²) in [6.45, 7) is 6.60. The maximum absolute atomic E-state index is 5.26. The van der Waals surface area contributed by atoms with Crippen molar-refractivity contribution in [1.82, 2.24) is 0 Å². The maximum Gasteiger partial charge on any atom is 0.0227 e. The SMILES string of the molecule is CC(C)(C)C1=CC=CCC1=S. The van der Waals surface area contributed by atoms with Crippen LogP contribution >= 0.6 is 12.2 Å². The molecular weight excluding hydrogens is 152 g/mol. The predicted octanol–water partition coefficient (Wildman–Crippen LogP) is 3.29. The average molecular weight is 166 g/mol. The van der Waals surface area contributed by atoms with Gasteiger partial charge < -0.3 is 0 Å². The van der Waals surface area contributed by atoms with Crippen molar-refractivity contribution in [2.45, 2.75) is 27.2 Å². The molecule has 0 atom stereocenters. The van der Waals surface area contributed by atoms with Gasteiger partial charge in [0.2, 0.25) is 0 Å². The van der Waals surface area contributed by atoms with E-state index in [1.165, 1.54) is 5.57 Å². The van der Waals surface area contributed by atoms with Crippen LogP contribution in [0.25, 0.3) is 0 Å². The lowest BCUT2D eigenvalue weighted by molar-refractivity contribution is 0.524. The van der Waals surface area contributed by atoms with Crippen LogP contribution in [0.15, 0.2) is 23.8 Å². The molecule has 0 N–H and O–H groups in total. The summed E-state index contributed by atoms with van der Waals surface area (Å²) in [7, 11) is 0. The van der Waals surface area contributed by atoms with E-state index in [9.17, 15) is 0 Å². The third kappa shape index (κ3) is 2.00. The van der Waals surface area contributed by atoms with E-state index in [1.807, 2.05) is 0 Å². The van der Waals surface area contributed by atoms with Gasteiger partial charge in [0, 0.05) is 11.3 Å². The lowest BCUT2D eigenvalue weighted by atomic mass is 9.82. The normalized spacial score (nSPS) is 18.5. The molecule has 0 saturated heterocycles. The Labute approximate surface area is 74.0 Å². The van der Waals surface area contributed by atoms with Gasteiger partial charge >= 0.3 is 0 Å². The zero-order valence-electron chi connectivity index (χ0n) is 7.35. The smallest absolute Gasteiger partial charge is 0.0227 e. The second kappa shape index (κ2) is 2.90. The van der Waals surface area contributed by atoms with Crippen molar-refractivity contribution in [2.24, 2.45) is 5.41 Å². The Morgan fingerprint density at radius 2 is 2.00 bits per heavy atom. The van der Waals surface area contributed by atoms with E-state index in [-0.39, 0.29) is 5.41 Å². The quantitative estimate of drug-likeness (QED) is 0.498. The van der Waals surface area contributed by atoms with Crippen LogP contribution in [0.1, 0.15) is 27.2 Å². The van der Waals surface area contributed by atoms with Gasteiger partial charge in [0.15, 0.2) is 0 Å². The van der Waals surface area contributed by atoms with E-state index < -0.39 is 0 Å². The molecule has 0 nitrogen and oxygen atoms in total. The Kier molecular flexibility index (Phi) is 2.28. The minimum absolute atomic E-state index is 0.210. The number of thiocarbonyl (C=S) groups is 1. The van der Waals surface area contributed by atoms with Gasteiger partial charge in [0.05, 0.1) is 0 Å². The van der Waals surface area contributed by atoms with Crippen molar-refractivity contribution >= 4 is 17.1 Å². The molecule has 0 heterocycles. The fourth-order valence-corrected chi connectivity index (χ4v) is 1.68. The van der Waals surface area contributed by atoms with Crippen molar-refractivity contribution in [3.8, 4) is 0 Å². The minimum atomic E-state index is 0.210. The summed E-state index contributed by atoms with van der Waals surface area (Å²) < 4.78 is 0. The third-order valence-corrected chi connectivity index (χ3v) is 2.20. The Hall–Kier alpha value is -0.430. The molecule has 0 amide bonds. The molecule has 0 unspecified atom stereocenters. The van der Waals surface area contributed by atoms with E-state index in [1.54, 1.807) is 0 Å². The van der Waals surface area contributed by atoms with Gasteiger partial charge in [0.1, 0.15) is 0 Å². The topological polar surface area (TPSA) is 0 Å². The highest BCUT2D eigenvalue weighted by atomic mass is 32.1. The van der Waals surface area contributed by atoms with Crippen molar-refractivity contribution in [3.63, 3.8) is 0 Å². The highest BCUT2D eigenvalue weighted by Gasteiger charge is 2.20. The molecule has 1 aliphatic carbocycles. The molecule has 0 spiro atoms. The summed E-state index contributed by atoms with van der Waals surface area (Å²) in [4.78, 5) is 1.10. The summed E-state index contributed by atoms with van der Waals surface area (Å²) in [5, 5.41) is 0. The lowest BCUT2D eigenvalue weighted by Gasteiger charge is -2.24. The van der Waals surface area contributed by atoms with Gasteiger partial charge in [0.25, 0.3) is 0 Å². The largest absolute Gasteiger partial charge is 0.0843 e.